The van der Waals surface area contributed by atoms with E-state index in [1.807, 2.05) is 24.3 Å². The van der Waals surface area contributed by atoms with Gasteiger partial charge < -0.3 is 10.3 Å². The molecule has 5 nitrogen and oxygen atoms in total. The van der Waals surface area contributed by atoms with Gasteiger partial charge in [0.2, 0.25) is 5.91 Å². The molecule has 0 saturated heterocycles. The molecule has 0 radical (unpaired) electrons. The van der Waals surface area contributed by atoms with Crippen molar-refractivity contribution in [2.75, 3.05) is 0 Å². The van der Waals surface area contributed by atoms with Gasteiger partial charge in [-0.1, -0.05) is 6.08 Å². The number of allylic oxidation sites excluding steroid dienone is 1. The van der Waals surface area contributed by atoms with E-state index in [1.165, 1.54) is 0 Å². The highest BCUT2D eigenvalue weighted by Gasteiger charge is 2.24. The van der Waals surface area contributed by atoms with Gasteiger partial charge in [0.1, 0.15) is 6.07 Å². The van der Waals surface area contributed by atoms with Crippen LogP contribution in [0.25, 0.3) is 17.3 Å². The fraction of sp³-hybridized carbons (Fsp3) is 0.188. The van der Waals surface area contributed by atoms with Crippen LogP contribution in [0.15, 0.2) is 30.6 Å². The standard InChI is InChI=1S/C16H14N4O/c17-9-13-12(8-15(18)21)14-5-1-2-7-20(14)16(13)11-4-3-6-19-10-11/h1,3-6,10H,2,7-8H2,(H2,18,21). The Kier molecular flexibility index (Phi) is 3.28. The minimum Gasteiger partial charge on any atom is -0.369 e. The van der Waals surface area contributed by atoms with E-state index in [0.29, 0.717) is 11.1 Å². The average Bonchev–Trinajstić information content (AvgIpc) is 2.81. The Morgan fingerprint density at radius 3 is 3.05 bits per heavy atom. The first-order chi connectivity index (χ1) is 10.2. The van der Waals surface area contributed by atoms with Gasteiger partial charge in [0, 0.05) is 35.8 Å². The van der Waals surface area contributed by atoms with Crippen LogP contribution in [0.3, 0.4) is 0 Å². The highest BCUT2D eigenvalue weighted by atomic mass is 16.1. The van der Waals surface area contributed by atoms with Crippen molar-refractivity contribution in [2.45, 2.75) is 19.4 Å². The number of hydrogen-bond acceptors (Lipinski definition) is 3. The first-order valence-corrected chi connectivity index (χ1v) is 6.73. The number of nitriles is 1. The molecule has 0 unspecified atom stereocenters. The number of amides is 1. The van der Waals surface area contributed by atoms with Crippen LogP contribution < -0.4 is 5.73 Å². The Balaban J connectivity index is 2.29. The summed E-state index contributed by atoms with van der Waals surface area (Å²) in [6.45, 7) is 0.781. The third-order valence-electron chi connectivity index (χ3n) is 3.60. The lowest BCUT2D eigenvalue weighted by molar-refractivity contribution is -0.117. The van der Waals surface area contributed by atoms with Crippen molar-refractivity contribution >= 4 is 12.0 Å². The lowest BCUT2D eigenvalue weighted by Crippen LogP contribution is -2.15. The Bertz CT molecular complexity index is 766. The molecule has 1 aliphatic rings. The molecule has 0 aromatic carbocycles. The fourth-order valence-electron chi connectivity index (χ4n) is 2.79. The van der Waals surface area contributed by atoms with Crippen LogP contribution in [0, 0.1) is 11.3 Å². The molecular weight excluding hydrogens is 264 g/mol. The third kappa shape index (κ3) is 2.21. The molecule has 2 aromatic rings. The maximum Gasteiger partial charge on any atom is 0.221 e. The molecule has 3 heterocycles. The molecule has 3 rings (SSSR count). The monoisotopic (exact) mass is 278 g/mol. The summed E-state index contributed by atoms with van der Waals surface area (Å²) >= 11 is 0. The lowest BCUT2D eigenvalue weighted by atomic mass is 10.0. The smallest absolute Gasteiger partial charge is 0.221 e. The van der Waals surface area contributed by atoms with Gasteiger partial charge in [-0.25, -0.2) is 0 Å². The molecule has 1 aliphatic heterocycles. The molecule has 0 spiro atoms. The zero-order valence-corrected chi connectivity index (χ0v) is 11.4. The summed E-state index contributed by atoms with van der Waals surface area (Å²) in [4.78, 5) is 15.5. The number of nitrogens with two attached hydrogens (primary N) is 1. The minimum atomic E-state index is -0.434. The van der Waals surface area contributed by atoms with Crippen LogP contribution in [0.1, 0.15) is 23.2 Å². The van der Waals surface area contributed by atoms with Crippen LogP contribution in [-0.2, 0) is 17.8 Å². The van der Waals surface area contributed by atoms with Crippen LogP contribution >= 0.6 is 0 Å². The molecule has 0 bridgehead atoms. The van der Waals surface area contributed by atoms with E-state index in [2.05, 4.69) is 15.6 Å². The van der Waals surface area contributed by atoms with E-state index in [0.717, 1.165) is 29.9 Å². The summed E-state index contributed by atoms with van der Waals surface area (Å²) in [6, 6.07) is 5.99. The SMILES string of the molecule is N#Cc1c(CC(N)=O)c2n(c1-c1cccnc1)CCC=C2. The highest BCUT2D eigenvalue weighted by molar-refractivity contribution is 5.83. The average molecular weight is 278 g/mol. The van der Waals surface area contributed by atoms with E-state index < -0.39 is 5.91 Å². The predicted octanol–water partition coefficient (Wildman–Crippen LogP) is 1.87. The van der Waals surface area contributed by atoms with Crippen molar-refractivity contribution in [3.63, 3.8) is 0 Å². The van der Waals surface area contributed by atoms with Gasteiger partial charge >= 0.3 is 0 Å². The molecule has 0 fully saturated rings. The van der Waals surface area contributed by atoms with Crippen molar-refractivity contribution in [3.05, 3.63) is 47.4 Å². The molecule has 104 valence electrons. The number of carbonyl (C=O) groups is 1. The van der Waals surface area contributed by atoms with E-state index in [4.69, 9.17) is 5.73 Å². The maximum atomic E-state index is 11.3. The van der Waals surface area contributed by atoms with Crippen LogP contribution in [0.4, 0.5) is 0 Å². The lowest BCUT2D eigenvalue weighted by Gasteiger charge is -2.14. The second-order valence-electron chi connectivity index (χ2n) is 4.93. The first-order valence-electron chi connectivity index (χ1n) is 6.73. The Labute approximate surface area is 122 Å². The summed E-state index contributed by atoms with van der Waals surface area (Å²) < 4.78 is 2.08. The number of primary amides is 1. The number of pyridine rings is 1. The molecule has 0 saturated carbocycles. The first kappa shape index (κ1) is 13.1. The summed E-state index contributed by atoms with van der Waals surface area (Å²) in [5.74, 6) is -0.434. The van der Waals surface area contributed by atoms with E-state index in [-0.39, 0.29) is 6.42 Å². The van der Waals surface area contributed by atoms with Gasteiger partial charge in [0.05, 0.1) is 17.7 Å². The van der Waals surface area contributed by atoms with Gasteiger partial charge in [-0.2, -0.15) is 5.26 Å². The van der Waals surface area contributed by atoms with E-state index >= 15 is 0 Å². The quantitative estimate of drug-likeness (QED) is 0.930. The number of nitrogens with zero attached hydrogens (tertiary/aromatic N) is 3. The topological polar surface area (TPSA) is 84.7 Å². The molecule has 0 atom stereocenters. The van der Waals surface area contributed by atoms with Crippen molar-refractivity contribution in [1.82, 2.24) is 9.55 Å². The largest absolute Gasteiger partial charge is 0.369 e. The molecule has 1 amide bonds. The summed E-state index contributed by atoms with van der Waals surface area (Å²) in [5.41, 5.74) is 9.16. The normalized spacial score (nSPS) is 12.7. The number of aromatic nitrogens is 2. The summed E-state index contributed by atoms with van der Waals surface area (Å²) in [7, 11) is 0. The van der Waals surface area contributed by atoms with Gasteiger partial charge in [-0.3, -0.25) is 9.78 Å². The van der Waals surface area contributed by atoms with Crippen molar-refractivity contribution in [1.29, 1.82) is 5.26 Å². The molecule has 2 N–H and O–H groups in total. The Hall–Kier alpha value is -2.87. The number of carbonyl (C=O) groups excluding carboxylic acids is 1. The molecular formula is C16H14N4O. The zero-order chi connectivity index (χ0) is 14.8. The zero-order valence-electron chi connectivity index (χ0n) is 11.4. The van der Waals surface area contributed by atoms with E-state index in [1.54, 1.807) is 12.4 Å². The molecule has 0 aliphatic carbocycles. The molecule has 5 heteroatoms. The van der Waals surface area contributed by atoms with E-state index in [9.17, 15) is 10.1 Å². The number of fused-ring (bicyclic) bond motifs is 1. The summed E-state index contributed by atoms with van der Waals surface area (Å²) in [6.07, 6.45) is 8.41. The maximum absolute atomic E-state index is 11.3. The molecule has 2 aromatic heterocycles. The van der Waals surface area contributed by atoms with Gasteiger partial charge in [-0.15, -0.1) is 0 Å². The second-order valence-corrected chi connectivity index (χ2v) is 4.93. The highest BCUT2D eigenvalue weighted by Crippen LogP contribution is 2.34. The van der Waals surface area contributed by atoms with Gasteiger partial charge in [0.25, 0.3) is 0 Å². The van der Waals surface area contributed by atoms with Gasteiger partial charge in [0.15, 0.2) is 0 Å². The van der Waals surface area contributed by atoms with Crippen LogP contribution in [0.5, 0.6) is 0 Å². The number of hydrogen-bond donors (Lipinski definition) is 1. The minimum absolute atomic E-state index is 0.0723. The van der Waals surface area contributed by atoms with Crippen molar-refractivity contribution in [3.8, 4) is 17.3 Å². The number of rotatable bonds is 3. The summed E-state index contributed by atoms with van der Waals surface area (Å²) in [5, 5.41) is 9.56. The fourth-order valence-corrected chi connectivity index (χ4v) is 2.79. The van der Waals surface area contributed by atoms with Crippen LogP contribution in [0.2, 0.25) is 0 Å². The van der Waals surface area contributed by atoms with Crippen molar-refractivity contribution in [2.24, 2.45) is 5.73 Å². The van der Waals surface area contributed by atoms with Gasteiger partial charge in [-0.05, 0) is 24.6 Å². The van der Waals surface area contributed by atoms with Crippen LogP contribution in [-0.4, -0.2) is 15.5 Å². The predicted molar refractivity (Wildman–Crippen MR) is 78.9 cm³/mol. The second kappa shape index (κ2) is 5.25. The Morgan fingerprint density at radius 2 is 2.38 bits per heavy atom. The Morgan fingerprint density at radius 1 is 1.52 bits per heavy atom. The van der Waals surface area contributed by atoms with Crippen molar-refractivity contribution < 1.29 is 4.79 Å². The third-order valence-corrected chi connectivity index (χ3v) is 3.60. The molecule has 21 heavy (non-hydrogen) atoms.